The molecule has 0 saturated heterocycles. The minimum atomic E-state index is -4.04. The summed E-state index contributed by atoms with van der Waals surface area (Å²) in [5.41, 5.74) is 1.18. The first-order valence-corrected chi connectivity index (χ1v) is 9.89. The van der Waals surface area contributed by atoms with Gasteiger partial charge in [0.05, 0.1) is 11.0 Å². The average molecular weight is 420 g/mol. The van der Waals surface area contributed by atoms with Gasteiger partial charge in [-0.3, -0.25) is 4.18 Å². The van der Waals surface area contributed by atoms with E-state index in [4.69, 9.17) is 13.7 Å². The van der Waals surface area contributed by atoms with Gasteiger partial charge in [0, 0.05) is 12.0 Å². The van der Waals surface area contributed by atoms with Crippen molar-refractivity contribution in [3.05, 3.63) is 53.6 Å². The number of benzene rings is 2. The van der Waals surface area contributed by atoms with Crippen LogP contribution in [0.25, 0.3) is 0 Å². The molecule has 9 nitrogen and oxygen atoms in total. The lowest BCUT2D eigenvalue weighted by Gasteiger charge is -2.28. The van der Waals surface area contributed by atoms with E-state index in [1.807, 2.05) is 6.92 Å². The van der Waals surface area contributed by atoms with Gasteiger partial charge in [0.2, 0.25) is 0 Å². The maximum atomic E-state index is 12.4. The third-order valence-electron chi connectivity index (χ3n) is 4.21. The zero-order valence-electron chi connectivity index (χ0n) is 15.4. The van der Waals surface area contributed by atoms with Crippen LogP contribution in [0.2, 0.25) is 0 Å². The van der Waals surface area contributed by atoms with Crippen LogP contribution in [0.3, 0.4) is 0 Å². The van der Waals surface area contributed by atoms with Gasteiger partial charge in [-0.1, -0.05) is 29.8 Å². The number of carboxylic acids is 2. The van der Waals surface area contributed by atoms with Crippen LogP contribution in [0.4, 0.5) is 0 Å². The second-order valence-electron chi connectivity index (χ2n) is 6.52. The van der Waals surface area contributed by atoms with E-state index in [1.165, 1.54) is 37.3 Å². The van der Waals surface area contributed by atoms with E-state index in [1.54, 1.807) is 12.1 Å². The molecule has 0 N–H and O–H groups in total. The number of para-hydroxylation sites is 1. The summed E-state index contributed by atoms with van der Waals surface area (Å²) >= 11 is 0. The third kappa shape index (κ3) is 3.89. The quantitative estimate of drug-likeness (QED) is 0.420. The molecule has 0 saturated carbocycles. The maximum Gasteiger partial charge on any atom is 0.335 e. The normalized spacial score (nSPS) is 15.7. The van der Waals surface area contributed by atoms with Gasteiger partial charge < -0.3 is 29.3 Å². The summed E-state index contributed by atoms with van der Waals surface area (Å²) in [6, 6.07) is 10.4. The number of fused-ring (bicyclic) bond motifs is 1. The minimum Gasteiger partial charge on any atom is -0.542 e. The molecule has 29 heavy (non-hydrogen) atoms. The number of aliphatic carboxylic acids is 2. The Morgan fingerprint density at radius 2 is 1.69 bits per heavy atom. The second-order valence-corrected chi connectivity index (χ2v) is 8.09. The first-order valence-electron chi connectivity index (χ1n) is 8.48. The Morgan fingerprint density at radius 3 is 2.28 bits per heavy atom. The van der Waals surface area contributed by atoms with Gasteiger partial charge in [-0.05, 0) is 32.0 Å². The fourth-order valence-electron chi connectivity index (χ4n) is 2.81. The van der Waals surface area contributed by atoms with Crippen LogP contribution in [0.5, 0.6) is 11.5 Å². The Labute approximate surface area is 166 Å². The highest BCUT2D eigenvalue weighted by Gasteiger charge is 2.46. The zero-order valence-corrected chi connectivity index (χ0v) is 16.2. The highest BCUT2D eigenvalue weighted by atomic mass is 32.2. The van der Waals surface area contributed by atoms with E-state index < -0.39 is 33.9 Å². The van der Waals surface area contributed by atoms with Gasteiger partial charge in [-0.25, -0.2) is 0 Å². The van der Waals surface area contributed by atoms with Crippen LogP contribution in [0.15, 0.2) is 47.4 Å². The van der Waals surface area contributed by atoms with Gasteiger partial charge >= 0.3 is 5.79 Å². The summed E-state index contributed by atoms with van der Waals surface area (Å²) in [4.78, 5) is 22.5. The van der Waals surface area contributed by atoms with Crippen molar-refractivity contribution in [3.8, 4) is 11.5 Å². The number of rotatable bonds is 7. The molecule has 1 unspecified atom stereocenters. The standard InChI is InChI=1S/C19H18O9S/c1-11-6-8-14(9-7-11)29(24,25)28-12(2)10-13-4-3-5-15-16(13)27-19(26-15,17(20)21)18(22)23/h3-9,12H,10H2,1-2H3,(H,20,21)(H,22,23)/p-2. The Balaban J connectivity index is 1.81. The molecule has 0 aliphatic carbocycles. The maximum absolute atomic E-state index is 12.4. The molecule has 2 aromatic carbocycles. The molecule has 3 rings (SSSR count). The minimum absolute atomic E-state index is 0.0132. The van der Waals surface area contributed by atoms with Gasteiger partial charge in [0.1, 0.15) is 11.9 Å². The SMILES string of the molecule is Cc1ccc(S(=O)(=O)OC(C)Cc2cccc3c2OC(C(=O)[O-])(C(=O)[O-])O3)cc1. The van der Waals surface area contributed by atoms with Gasteiger partial charge in [-0.15, -0.1) is 0 Å². The number of aryl methyl sites for hydroxylation is 1. The predicted molar refractivity (Wildman–Crippen MR) is 93.1 cm³/mol. The highest BCUT2D eigenvalue weighted by molar-refractivity contribution is 7.86. The highest BCUT2D eigenvalue weighted by Crippen LogP contribution is 2.42. The molecule has 154 valence electrons. The second kappa shape index (κ2) is 7.37. The van der Waals surface area contributed by atoms with Gasteiger partial charge in [-0.2, -0.15) is 8.42 Å². The van der Waals surface area contributed by atoms with Crippen molar-refractivity contribution in [3.63, 3.8) is 0 Å². The van der Waals surface area contributed by atoms with Crippen LogP contribution < -0.4 is 19.7 Å². The van der Waals surface area contributed by atoms with Crippen molar-refractivity contribution < 1.29 is 41.9 Å². The van der Waals surface area contributed by atoms with Crippen LogP contribution in [0, 0.1) is 6.92 Å². The summed E-state index contributed by atoms with van der Waals surface area (Å²) < 4.78 is 40.0. The predicted octanol–water partition coefficient (Wildman–Crippen LogP) is -0.701. The van der Waals surface area contributed by atoms with Gasteiger partial charge in [0.15, 0.2) is 11.5 Å². The largest absolute Gasteiger partial charge is 0.542 e. The van der Waals surface area contributed by atoms with Crippen LogP contribution >= 0.6 is 0 Å². The average Bonchev–Trinajstić information content (AvgIpc) is 3.04. The van der Waals surface area contributed by atoms with Crippen LogP contribution in [-0.4, -0.2) is 32.2 Å². The summed E-state index contributed by atoms with van der Waals surface area (Å²) in [6.45, 7) is 3.31. The van der Waals surface area contributed by atoms with Crippen molar-refractivity contribution in [1.29, 1.82) is 0 Å². The molecule has 0 amide bonds. The Hall–Kier alpha value is -3.11. The number of carbonyl (C=O) groups excluding carboxylic acids is 2. The van der Waals surface area contributed by atoms with Gasteiger partial charge in [0.25, 0.3) is 10.1 Å². The van der Waals surface area contributed by atoms with Crippen molar-refractivity contribution >= 4 is 22.1 Å². The lowest BCUT2D eigenvalue weighted by atomic mass is 10.1. The van der Waals surface area contributed by atoms with Crippen LogP contribution in [-0.2, 0) is 30.3 Å². The molecular formula is C19H16O9S-2. The topological polar surface area (TPSA) is 142 Å². The summed E-state index contributed by atoms with van der Waals surface area (Å²) in [5, 5.41) is 22.5. The molecule has 0 fully saturated rings. The number of ether oxygens (including phenoxy) is 2. The van der Waals surface area contributed by atoms with Crippen molar-refractivity contribution in [2.75, 3.05) is 0 Å². The summed E-state index contributed by atoms with van der Waals surface area (Å²) in [5.74, 6) is -7.69. The summed E-state index contributed by atoms with van der Waals surface area (Å²) in [6.07, 6.45) is -0.911. The van der Waals surface area contributed by atoms with E-state index in [-0.39, 0.29) is 22.8 Å². The van der Waals surface area contributed by atoms with Crippen molar-refractivity contribution in [1.82, 2.24) is 0 Å². The molecule has 0 aromatic heterocycles. The van der Waals surface area contributed by atoms with E-state index in [0.717, 1.165) is 5.56 Å². The lowest BCUT2D eigenvalue weighted by molar-refractivity contribution is -0.362. The van der Waals surface area contributed by atoms with E-state index in [0.29, 0.717) is 5.56 Å². The zero-order chi connectivity index (χ0) is 21.4. The molecule has 10 heteroatoms. The summed E-state index contributed by atoms with van der Waals surface area (Å²) in [7, 11) is -4.04. The molecule has 1 aliphatic heterocycles. The Kier molecular flexibility index (Phi) is 5.24. The molecule has 0 spiro atoms. The fraction of sp³-hybridized carbons (Fsp3) is 0.263. The van der Waals surface area contributed by atoms with E-state index in [9.17, 15) is 28.2 Å². The number of hydrogen-bond acceptors (Lipinski definition) is 9. The van der Waals surface area contributed by atoms with E-state index >= 15 is 0 Å². The smallest absolute Gasteiger partial charge is 0.335 e. The molecule has 1 heterocycles. The molecule has 0 radical (unpaired) electrons. The first-order chi connectivity index (χ1) is 13.5. The molecule has 1 aliphatic rings. The Bertz CT molecular complexity index is 1040. The van der Waals surface area contributed by atoms with Crippen molar-refractivity contribution in [2.24, 2.45) is 0 Å². The van der Waals surface area contributed by atoms with Crippen LogP contribution in [0.1, 0.15) is 18.1 Å². The van der Waals surface area contributed by atoms with Crippen molar-refractivity contribution in [2.45, 2.75) is 37.1 Å². The Morgan fingerprint density at radius 1 is 1.07 bits per heavy atom. The number of carboxylic acid groups (broad SMARTS) is 2. The third-order valence-corrected chi connectivity index (χ3v) is 5.64. The van der Waals surface area contributed by atoms with E-state index in [2.05, 4.69) is 0 Å². The molecule has 0 bridgehead atoms. The number of carbonyl (C=O) groups is 2. The molecule has 2 aromatic rings. The number of hydrogen-bond donors (Lipinski definition) is 0. The molecule has 1 atom stereocenters. The lowest BCUT2D eigenvalue weighted by Crippen LogP contribution is -2.64. The fourth-order valence-corrected chi connectivity index (χ4v) is 3.89. The molecular weight excluding hydrogens is 404 g/mol. The monoisotopic (exact) mass is 420 g/mol. The first kappa shape index (κ1) is 20.6.